The van der Waals surface area contributed by atoms with Crippen LogP contribution in [-0.4, -0.2) is 42.3 Å². The average Bonchev–Trinajstić information content (AvgIpc) is 3.34. The van der Waals surface area contributed by atoms with Crippen LogP contribution in [0.5, 0.6) is 11.5 Å². The first-order chi connectivity index (χ1) is 19.3. The number of fused-ring (bicyclic) bond motifs is 2. The molecule has 4 amide bonds. The molecule has 8 heteroatoms. The van der Waals surface area contributed by atoms with Gasteiger partial charge in [-0.3, -0.25) is 28.5 Å². The highest BCUT2D eigenvalue weighted by Crippen LogP contribution is 2.37. The second-order valence-electron chi connectivity index (χ2n) is 9.78. The van der Waals surface area contributed by atoms with Crippen molar-refractivity contribution in [3.63, 3.8) is 0 Å². The predicted octanol–water partition coefficient (Wildman–Crippen LogP) is 5.99. The lowest BCUT2D eigenvalue weighted by atomic mass is 9.92. The summed E-state index contributed by atoms with van der Waals surface area (Å²) in [6, 6.07) is 22.2. The Bertz CT molecular complexity index is 1730. The number of nitrogens with zero attached hydrogens (tertiary/aromatic N) is 2. The molecule has 2 aliphatic heterocycles. The van der Waals surface area contributed by atoms with Crippen molar-refractivity contribution in [3.05, 3.63) is 112 Å². The van der Waals surface area contributed by atoms with Gasteiger partial charge in [0.2, 0.25) is 0 Å². The first-order valence-electron chi connectivity index (χ1n) is 12.7. The molecule has 7 nitrogen and oxygen atoms in total. The number of rotatable bonds is 6. The minimum Gasteiger partial charge on any atom is -0.457 e. The lowest BCUT2D eigenvalue weighted by Gasteiger charge is -2.15. The fourth-order valence-corrected chi connectivity index (χ4v) is 5.09. The number of carbonyl (C=O) groups is 4. The van der Waals surface area contributed by atoms with Crippen LogP contribution in [0.2, 0.25) is 0 Å². The molecular weight excluding hydrogens is 511 g/mol. The van der Waals surface area contributed by atoms with Gasteiger partial charge in [0.15, 0.2) is 0 Å². The summed E-state index contributed by atoms with van der Waals surface area (Å²) in [5.74, 6) is -0.656. The monoisotopic (exact) mass is 534 g/mol. The summed E-state index contributed by atoms with van der Waals surface area (Å²) in [7, 11) is 1.42. The van der Waals surface area contributed by atoms with E-state index in [0.29, 0.717) is 39.4 Å². The summed E-state index contributed by atoms with van der Waals surface area (Å²) in [5, 5.41) is 0. The fraction of sp³-hybridized carbons (Fsp3) is 0.125. The van der Waals surface area contributed by atoms with Gasteiger partial charge in [-0.15, -0.1) is 0 Å². The summed E-state index contributed by atoms with van der Waals surface area (Å²) in [6.07, 6.45) is -0.0581. The van der Waals surface area contributed by atoms with Crippen LogP contribution < -0.4 is 9.64 Å². The SMILES string of the molecule is Cc1ccc(Oc2ccc(N3C(=O)c4cc(-c5ccc6c(c5)C(=O)N(C)C6=O)cc(CCF)c4C3=O)cc2)cc1. The number of anilines is 1. The van der Waals surface area contributed by atoms with Gasteiger partial charge in [0, 0.05) is 13.5 Å². The third-order valence-corrected chi connectivity index (χ3v) is 7.21. The van der Waals surface area contributed by atoms with Crippen LogP contribution in [-0.2, 0) is 6.42 Å². The van der Waals surface area contributed by atoms with Crippen molar-refractivity contribution in [1.82, 2.24) is 4.90 Å². The van der Waals surface area contributed by atoms with Crippen LogP contribution in [0.3, 0.4) is 0 Å². The Morgan fingerprint density at radius 1 is 0.675 bits per heavy atom. The molecule has 198 valence electrons. The number of benzene rings is 4. The van der Waals surface area contributed by atoms with E-state index in [1.807, 2.05) is 31.2 Å². The molecule has 0 radical (unpaired) electrons. The van der Waals surface area contributed by atoms with Gasteiger partial charge < -0.3 is 4.74 Å². The zero-order valence-electron chi connectivity index (χ0n) is 21.7. The van der Waals surface area contributed by atoms with Crippen LogP contribution in [0.4, 0.5) is 10.1 Å². The van der Waals surface area contributed by atoms with Crippen molar-refractivity contribution in [1.29, 1.82) is 0 Å². The number of amides is 4. The van der Waals surface area contributed by atoms with Crippen molar-refractivity contribution >= 4 is 29.3 Å². The van der Waals surface area contributed by atoms with Crippen molar-refractivity contribution in [2.24, 2.45) is 0 Å². The number of imide groups is 2. The smallest absolute Gasteiger partial charge is 0.266 e. The Kier molecular flexibility index (Phi) is 6.03. The number of carbonyl (C=O) groups excluding carboxylic acids is 4. The number of ether oxygens (including phenoxy) is 1. The molecular formula is C32H23FN2O5. The zero-order chi connectivity index (χ0) is 28.1. The minimum absolute atomic E-state index is 0.0581. The van der Waals surface area contributed by atoms with Crippen LogP contribution in [0.1, 0.15) is 52.6 Å². The molecule has 4 aromatic carbocycles. The Morgan fingerprint density at radius 2 is 1.30 bits per heavy atom. The van der Waals surface area contributed by atoms with Crippen LogP contribution >= 0.6 is 0 Å². The highest BCUT2D eigenvalue weighted by molar-refractivity contribution is 6.35. The van der Waals surface area contributed by atoms with Crippen LogP contribution in [0, 0.1) is 6.92 Å². The summed E-state index contributed by atoms with van der Waals surface area (Å²) >= 11 is 0. The van der Waals surface area contributed by atoms with E-state index >= 15 is 0 Å². The molecule has 0 N–H and O–H groups in total. The van der Waals surface area contributed by atoms with Gasteiger partial charge in [-0.1, -0.05) is 29.8 Å². The molecule has 0 bridgehead atoms. The topological polar surface area (TPSA) is 84.0 Å². The molecule has 6 rings (SSSR count). The first-order valence-corrected chi connectivity index (χ1v) is 12.7. The number of hydrogen-bond donors (Lipinski definition) is 0. The average molecular weight is 535 g/mol. The van der Waals surface area contributed by atoms with Crippen molar-refractivity contribution < 1.29 is 28.3 Å². The predicted molar refractivity (Wildman–Crippen MR) is 147 cm³/mol. The van der Waals surface area contributed by atoms with Gasteiger partial charge in [0.25, 0.3) is 23.6 Å². The van der Waals surface area contributed by atoms with E-state index in [-0.39, 0.29) is 29.0 Å². The molecule has 0 atom stereocenters. The quantitative estimate of drug-likeness (QED) is 0.284. The van der Waals surface area contributed by atoms with Gasteiger partial charge in [0.1, 0.15) is 11.5 Å². The lowest BCUT2D eigenvalue weighted by molar-refractivity contribution is 0.0692. The highest BCUT2D eigenvalue weighted by atomic mass is 19.1. The van der Waals surface area contributed by atoms with Gasteiger partial charge in [-0.25, -0.2) is 4.90 Å². The number of aryl methyl sites for hydroxylation is 2. The molecule has 0 spiro atoms. The van der Waals surface area contributed by atoms with Crippen LogP contribution in [0.15, 0.2) is 78.9 Å². The zero-order valence-corrected chi connectivity index (χ0v) is 21.7. The van der Waals surface area contributed by atoms with E-state index in [0.717, 1.165) is 15.4 Å². The van der Waals surface area contributed by atoms with Gasteiger partial charge in [-0.05, 0) is 78.2 Å². The standard InChI is InChI=1S/C32H23FN2O5/c1-18-3-8-23(9-4-18)40-24-10-6-22(7-11-24)35-31(38)27-17-21(15-20(13-14-33)28(27)32(35)39)19-5-12-25-26(16-19)30(37)34(2)29(25)36/h3-12,15-17H,13-14H2,1-2H3. The molecule has 0 saturated carbocycles. The molecule has 2 aliphatic rings. The molecule has 2 heterocycles. The summed E-state index contributed by atoms with van der Waals surface area (Å²) in [5.41, 5.74) is 3.87. The Morgan fingerprint density at radius 3 is 1.98 bits per heavy atom. The molecule has 40 heavy (non-hydrogen) atoms. The molecule has 0 fully saturated rings. The summed E-state index contributed by atoms with van der Waals surface area (Å²) in [6.45, 7) is 1.26. The van der Waals surface area contributed by atoms with E-state index in [1.54, 1.807) is 54.6 Å². The molecule has 0 aromatic heterocycles. The van der Waals surface area contributed by atoms with E-state index < -0.39 is 24.4 Å². The van der Waals surface area contributed by atoms with Crippen molar-refractivity contribution in [3.8, 4) is 22.6 Å². The van der Waals surface area contributed by atoms with Gasteiger partial charge >= 0.3 is 0 Å². The Labute approximate surface area is 229 Å². The van der Waals surface area contributed by atoms with Crippen LogP contribution in [0.25, 0.3) is 11.1 Å². The number of alkyl halides is 1. The summed E-state index contributed by atoms with van der Waals surface area (Å²) < 4.78 is 19.4. The maximum absolute atomic E-state index is 13.6. The third kappa shape index (κ3) is 4.05. The lowest BCUT2D eigenvalue weighted by Crippen LogP contribution is -2.29. The molecule has 0 unspecified atom stereocenters. The van der Waals surface area contributed by atoms with Gasteiger partial charge in [0.05, 0.1) is 34.6 Å². The molecule has 0 saturated heterocycles. The second kappa shape index (κ2) is 9.57. The van der Waals surface area contributed by atoms with Gasteiger partial charge in [-0.2, -0.15) is 0 Å². The molecule has 0 aliphatic carbocycles. The second-order valence-corrected chi connectivity index (χ2v) is 9.78. The van der Waals surface area contributed by atoms with E-state index in [1.165, 1.54) is 7.05 Å². The first kappa shape index (κ1) is 25.2. The third-order valence-electron chi connectivity index (χ3n) is 7.21. The maximum Gasteiger partial charge on any atom is 0.266 e. The Balaban J connectivity index is 1.34. The molecule has 4 aromatic rings. The Hall–Kier alpha value is -5.11. The number of halogens is 1. The fourth-order valence-electron chi connectivity index (χ4n) is 5.09. The maximum atomic E-state index is 13.6. The van der Waals surface area contributed by atoms with E-state index in [2.05, 4.69) is 0 Å². The van der Waals surface area contributed by atoms with Crippen molar-refractivity contribution in [2.75, 3.05) is 18.6 Å². The normalized spacial score (nSPS) is 14.2. The highest BCUT2D eigenvalue weighted by Gasteiger charge is 2.39. The minimum atomic E-state index is -0.718. The van der Waals surface area contributed by atoms with E-state index in [9.17, 15) is 23.6 Å². The number of hydrogen-bond acceptors (Lipinski definition) is 5. The van der Waals surface area contributed by atoms with Crippen molar-refractivity contribution in [2.45, 2.75) is 13.3 Å². The largest absolute Gasteiger partial charge is 0.457 e. The van der Waals surface area contributed by atoms with E-state index in [4.69, 9.17) is 4.74 Å². The summed E-state index contributed by atoms with van der Waals surface area (Å²) in [4.78, 5) is 54.0.